The molecule has 0 aromatic rings. The van der Waals surface area contributed by atoms with E-state index in [-0.39, 0.29) is 24.6 Å². The molecule has 0 saturated carbocycles. The minimum atomic E-state index is 0.103. The number of piperazine rings is 1. The van der Waals surface area contributed by atoms with E-state index < -0.39 is 0 Å². The SMILES string of the molecule is CC[C@H](CO)N1CCN([C@@H]2CCN(C)C2=O)CC1. The Morgan fingerprint density at radius 2 is 1.94 bits per heavy atom. The molecule has 0 bridgehead atoms. The van der Waals surface area contributed by atoms with E-state index in [1.807, 2.05) is 11.9 Å². The van der Waals surface area contributed by atoms with Crippen LogP contribution in [0.5, 0.6) is 0 Å². The second-order valence-corrected chi connectivity index (χ2v) is 5.38. The molecular formula is C13H25N3O2. The van der Waals surface area contributed by atoms with Crippen LogP contribution < -0.4 is 0 Å². The monoisotopic (exact) mass is 255 g/mol. The van der Waals surface area contributed by atoms with E-state index in [0.717, 1.165) is 45.6 Å². The Morgan fingerprint density at radius 1 is 1.28 bits per heavy atom. The van der Waals surface area contributed by atoms with Crippen LogP contribution >= 0.6 is 0 Å². The molecule has 18 heavy (non-hydrogen) atoms. The molecule has 0 radical (unpaired) electrons. The summed E-state index contributed by atoms with van der Waals surface area (Å²) in [6.45, 7) is 7.06. The summed E-state index contributed by atoms with van der Waals surface area (Å²) in [7, 11) is 1.89. The Hall–Kier alpha value is -0.650. The van der Waals surface area contributed by atoms with Gasteiger partial charge >= 0.3 is 0 Å². The lowest BCUT2D eigenvalue weighted by atomic mass is 10.1. The fourth-order valence-corrected chi connectivity index (χ4v) is 3.06. The second-order valence-electron chi connectivity index (χ2n) is 5.38. The fourth-order valence-electron chi connectivity index (χ4n) is 3.06. The Morgan fingerprint density at radius 3 is 2.39 bits per heavy atom. The molecule has 2 aliphatic heterocycles. The van der Waals surface area contributed by atoms with Crippen molar-refractivity contribution in [3.05, 3.63) is 0 Å². The van der Waals surface area contributed by atoms with Gasteiger partial charge in [-0.3, -0.25) is 14.6 Å². The third kappa shape index (κ3) is 2.68. The first-order valence-electron chi connectivity index (χ1n) is 7.01. The van der Waals surface area contributed by atoms with E-state index in [1.54, 1.807) is 0 Å². The quantitative estimate of drug-likeness (QED) is 0.743. The molecule has 104 valence electrons. The van der Waals surface area contributed by atoms with E-state index in [9.17, 15) is 9.90 Å². The lowest BCUT2D eigenvalue weighted by molar-refractivity contribution is -0.131. The van der Waals surface area contributed by atoms with Crippen molar-refractivity contribution in [3.8, 4) is 0 Å². The molecular weight excluding hydrogens is 230 g/mol. The van der Waals surface area contributed by atoms with Gasteiger partial charge in [-0.15, -0.1) is 0 Å². The largest absolute Gasteiger partial charge is 0.395 e. The maximum atomic E-state index is 12.0. The topological polar surface area (TPSA) is 47.0 Å². The molecule has 2 fully saturated rings. The summed E-state index contributed by atoms with van der Waals surface area (Å²) in [5.74, 6) is 0.276. The zero-order chi connectivity index (χ0) is 13.1. The highest BCUT2D eigenvalue weighted by Crippen LogP contribution is 2.18. The number of amides is 1. The minimum absolute atomic E-state index is 0.103. The van der Waals surface area contributed by atoms with E-state index in [1.165, 1.54) is 0 Å². The number of nitrogens with zero attached hydrogens (tertiary/aromatic N) is 3. The molecule has 2 aliphatic rings. The maximum absolute atomic E-state index is 12.0. The van der Waals surface area contributed by atoms with Gasteiger partial charge in [0.05, 0.1) is 12.6 Å². The first-order valence-corrected chi connectivity index (χ1v) is 7.01. The summed E-state index contributed by atoms with van der Waals surface area (Å²) in [5, 5.41) is 9.32. The molecule has 1 amide bonds. The maximum Gasteiger partial charge on any atom is 0.239 e. The van der Waals surface area contributed by atoms with Crippen LogP contribution in [-0.2, 0) is 4.79 Å². The first-order chi connectivity index (χ1) is 8.67. The molecule has 0 aliphatic carbocycles. The number of hydrogen-bond acceptors (Lipinski definition) is 4. The van der Waals surface area contributed by atoms with Gasteiger partial charge < -0.3 is 10.0 Å². The number of carbonyl (C=O) groups is 1. The smallest absolute Gasteiger partial charge is 0.239 e. The normalized spacial score (nSPS) is 28.9. The first kappa shape index (κ1) is 13.8. The van der Waals surface area contributed by atoms with Crippen molar-refractivity contribution in [3.63, 3.8) is 0 Å². The predicted octanol–water partition coefficient (Wildman–Crippen LogP) is -0.394. The lowest BCUT2D eigenvalue weighted by Crippen LogP contribution is -2.55. The minimum Gasteiger partial charge on any atom is -0.395 e. The highest BCUT2D eigenvalue weighted by Gasteiger charge is 2.35. The van der Waals surface area contributed by atoms with Crippen molar-refractivity contribution in [1.29, 1.82) is 0 Å². The van der Waals surface area contributed by atoms with Crippen LogP contribution in [0.3, 0.4) is 0 Å². The molecule has 2 heterocycles. The predicted molar refractivity (Wildman–Crippen MR) is 70.4 cm³/mol. The van der Waals surface area contributed by atoms with Crippen LogP contribution in [-0.4, -0.2) is 84.2 Å². The molecule has 0 aromatic heterocycles. The van der Waals surface area contributed by atoms with Crippen LogP contribution in [0.15, 0.2) is 0 Å². The van der Waals surface area contributed by atoms with Crippen molar-refractivity contribution in [2.24, 2.45) is 0 Å². The summed E-state index contributed by atoms with van der Waals surface area (Å²) in [4.78, 5) is 18.5. The zero-order valence-electron chi connectivity index (χ0n) is 11.5. The van der Waals surface area contributed by atoms with Crippen LogP contribution in [0.4, 0.5) is 0 Å². The van der Waals surface area contributed by atoms with Gasteiger partial charge in [0.15, 0.2) is 0 Å². The van der Waals surface area contributed by atoms with Gasteiger partial charge in [-0.25, -0.2) is 0 Å². The molecule has 5 nitrogen and oxygen atoms in total. The average Bonchev–Trinajstić information content (AvgIpc) is 2.73. The molecule has 1 N–H and O–H groups in total. The van der Waals surface area contributed by atoms with Crippen molar-refractivity contribution < 1.29 is 9.90 Å². The van der Waals surface area contributed by atoms with Gasteiger partial charge in [0.1, 0.15) is 0 Å². The summed E-state index contributed by atoms with van der Waals surface area (Å²) < 4.78 is 0. The summed E-state index contributed by atoms with van der Waals surface area (Å²) in [6, 6.07) is 0.389. The van der Waals surface area contributed by atoms with Crippen LogP contribution in [0.2, 0.25) is 0 Å². The van der Waals surface area contributed by atoms with Crippen molar-refractivity contribution in [1.82, 2.24) is 14.7 Å². The third-order valence-electron chi connectivity index (χ3n) is 4.39. The summed E-state index contributed by atoms with van der Waals surface area (Å²) in [6.07, 6.45) is 1.95. The average molecular weight is 255 g/mol. The van der Waals surface area contributed by atoms with Gasteiger partial charge in [0.25, 0.3) is 0 Å². The highest BCUT2D eigenvalue weighted by atomic mass is 16.3. The van der Waals surface area contributed by atoms with E-state index >= 15 is 0 Å². The molecule has 0 spiro atoms. The van der Waals surface area contributed by atoms with Gasteiger partial charge in [0, 0.05) is 45.8 Å². The summed E-state index contributed by atoms with van der Waals surface area (Å²) >= 11 is 0. The van der Waals surface area contributed by atoms with Crippen molar-refractivity contribution >= 4 is 5.91 Å². The van der Waals surface area contributed by atoms with Crippen molar-refractivity contribution in [2.75, 3.05) is 46.4 Å². The Bertz CT molecular complexity index is 286. The third-order valence-corrected chi connectivity index (χ3v) is 4.39. The number of likely N-dealkylation sites (tertiary alicyclic amines) is 1. The van der Waals surface area contributed by atoms with E-state index in [4.69, 9.17) is 0 Å². The molecule has 2 atom stereocenters. The molecule has 0 aromatic carbocycles. The molecule has 2 saturated heterocycles. The number of aliphatic hydroxyl groups is 1. The fraction of sp³-hybridized carbons (Fsp3) is 0.923. The number of carbonyl (C=O) groups excluding carboxylic acids is 1. The Labute approximate surface area is 109 Å². The van der Waals surface area contributed by atoms with Crippen LogP contribution in [0.25, 0.3) is 0 Å². The summed E-state index contributed by atoms with van der Waals surface area (Å²) in [5.41, 5.74) is 0. The van der Waals surface area contributed by atoms with Crippen LogP contribution in [0, 0.1) is 0 Å². The van der Waals surface area contributed by atoms with Gasteiger partial charge in [-0.05, 0) is 12.8 Å². The number of likely N-dealkylation sites (N-methyl/N-ethyl adjacent to an activating group) is 1. The van der Waals surface area contributed by atoms with Gasteiger partial charge in [-0.1, -0.05) is 6.92 Å². The Balaban J connectivity index is 1.85. The molecule has 5 heteroatoms. The van der Waals surface area contributed by atoms with E-state index in [2.05, 4.69) is 16.7 Å². The van der Waals surface area contributed by atoms with Crippen LogP contribution in [0.1, 0.15) is 19.8 Å². The second kappa shape index (κ2) is 5.99. The van der Waals surface area contributed by atoms with E-state index in [0.29, 0.717) is 0 Å². The van der Waals surface area contributed by atoms with Gasteiger partial charge in [0.2, 0.25) is 5.91 Å². The van der Waals surface area contributed by atoms with Gasteiger partial charge in [-0.2, -0.15) is 0 Å². The number of hydrogen-bond donors (Lipinski definition) is 1. The zero-order valence-corrected chi connectivity index (χ0v) is 11.5. The standard InChI is InChI=1S/C13H25N3O2/c1-3-11(10-17)15-6-8-16(9-7-15)12-4-5-14(2)13(12)18/h11-12,17H,3-10H2,1-2H3/t11-,12-/m1/s1. The molecule has 0 unspecified atom stereocenters. The Kier molecular flexibility index (Phi) is 4.59. The molecule has 2 rings (SSSR count). The van der Waals surface area contributed by atoms with Crippen molar-refractivity contribution in [2.45, 2.75) is 31.8 Å². The number of aliphatic hydroxyl groups excluding tert-OH is 1. The lowest BCUT2D eigenvalue weighted by Gasteiger charge is -2.40. The number of rotatable bonds is 4. The highest BCUT2D eigenvalue weighted by molar-refractivity contribution is 5.83.